The third-order valence-corrected chi connectivity index (χ3v) is 2.40. The molecule has 0 radical (unpaired) electrons. The van der Waals surface area contributed by atoms with E-state index in [2.05, 4.69) is 15.1 Å². The Morgan fingerprint density at radius 3 is 2.50 bits per heavy atom. The quantitative estimate of drug-likeness (QED) is 0.710. The first-order valence-corrected chi connectivity index (χ1v) is 5.86. The largest absolute Gasteiger partial charge is 0.383 e. The number of fused-ring (bicyclic) bond motifs is 1. The zero-order chi connectivity index (χ0) is 13.0. The van der Waals surface area contributed by atoms with Crippen molar-refractivity contribution in [1.29, 1.82) is 0 Å². The van der Waals surface area contributed by atoms with Gasteiger partial charge in [0.1, 0.15) is 12.1 Å². The van der Waals surface area contributed by atoms with E-state index in [9.17, 15) is 0 Å². The van der Waals surface area contributed by atoms with Crippen LogP contribution in [0.5, 0.6) is 0 Å². The van der Waals surface area contributed by atoms with E-state index in [0.29, 0.717) is 5.82 Å². The lowest BCUT2D eigenvalue weighted by molar-refractivity contribution is 0.895. The van der Waals surface area contributed by atoms with Gasteiger partial charge in [-0.3, -0.25) is 0 Å². The van der Waals surface area contributed by atoms with E-state index in [-0.39, 0.29) is 0 Å². The van der Waals surface area contributed by atoms with Crippen molar-refractivity contribution in [2.24, 2.45) is 0 Å². The van der Waals surface area contributed by atoms with Gasteiger partial charge in [0.15, 0.2) is 5.65 Å². The molecule has 2 N–H and O–H groups in total. The second kappa shape index (κ2) is 5.27. The van der Waals surface area contributed by atoms with Crippen molar-refractivity contribution < 1.29 is 0 Å². The molecular weight excluding hydrogens is 226 g/mol. The molecule has 0 amide bonds. The van der Waals surface area contributed by atoms with Gasteiger partial charge in [0.05, 0.1) is 17.3 Å². The number of hydrogen-bond donors (Lipinski definition) is 1. The number of rotatable bonds is 1. The number of hydrogen-bond acceptors (Lipinski definition) is 4. The minimum absolute atomic E-state index is 0.451. The van der Waals surface area contributed by atoms with Gasteiger partial charge in [0.2, 0.25) is 0 Å². The van der Waals surface area contributed by atoms with Crippen molar-refractivity contribution >= 4 is 16.9 Å². The first-order valence-electron chi connectivity index (χ1n) is 5.86. The zero-order valence-corrected chi connectivity index (χ0v) is 10.4. The fourth-order valence-electron chi connectivity index (χ4n) is 1.62. The molecule has 0 saturated heterocycles. The summed E-state index contributed by atoms with van der Waals surface area (Å²) in [6.45, 7) is 4.00. The van der Waals surface area contributed by atoms with Crippen LogP contribution in [-0.2, 0) is 0 Å². The van der Waals surface area contributed by atoms with Gasteiger partial charge in [0.25, 0.3) is 0 Å². The van der Waals surface area contributed by atoms with E-state index in [4.69, 9.17) is 5.73 Å². The number of aromatic nitrogens is 4. The summed E-state index contributed by atoms with van der Waals surface area (Å²) < 4.78 is 1.74. The number of para-hydroxylation sites is 1. The third-order valence-electron chi connectivity index (χ3n) is 2.40. The highest BCUT2D eigenvalue weighted by Gasteiger charge is 2.08. The maximum absolute atomic E-state index is 5.74. The van der Waals surface area contributed by atoms with Crippen LogP contribution in [0.1, 0.15) is 13.8 Å². The van der Waals surface area contributed by atoms with Gasteiger partial charge in [-0.05, 0) is 12.1 Å². The molecule has 0 aliphatic heterocycles. The molecule has 0 aliphatic rings. The highest BCUT2D eigenvalue weighted by Crippen LogP contribution is 2.18. The van der Waals surface area contributed by atoms with Gasteiger partial charge in [-0.15, -0.1) is 0 Å². The molecule has 0 aliphatic carbocycles. The van der Waals surface area contributed by atoms with Crippen molar-refractivity contribution in [3.8, 4) is 5.69 Å². The van der Waals surface area contributed by atoms with Crippen LogP contribution in [0, 0.1) is 0 Å². The normalized spacial score (nSPS) is 9.89. The van der Waals surface area contributed by atoms with Crippen molar-refractivity contribution in [1.82, 2.24) is 19.7 Å². The van der Waals surface area contributed by atoms with Gasteiger partial charge >= 0.3 is 0 Å². The highest BCUT2D eigenvalue weighted by molar-refractivity contribution is 5.85. The zero-order valence-electron chi connectivity index (χ0n) is 10.4. The van der Waals surface area contributed by atoms with Crippen LogP contribution >= 0.6 is 0 Å². The topological polar surface area (TPSA) is 69.6 Å². The fraction of sp³-hybridized carbons (Fsp3) is 0.154. The van der Waals surface area contributed by atoms with E-state index < -0.39 is 0 Å². The molecule has 0 fully saturated rings. The maximum atomic E-state index is 5.74. The number of benzene rings is 1. The summed E-state index contributed by atoms with van der Waals surface area (Å²) in [5.41, 5.74) is 7.42. The molecule has 0 bridgehead atoms. The average Bonchev–Trinajstić information content (AvgIpc) is 2.87. The van der Waals surface area contributed by atoms with Crippen LogP contribution in [0.3, 0.4) is 0 Å². The Morgan fingerprint density at radius 1 is 1.06 bits per heavy atom. The Kier molecular flexibility index (Phi) is 3.52. The monoisotopic (exact) mass is 241 g/mol. The van der Waals surface area contributed by atoms with Gasteiger partial charge in [0, 0.05) is 0 Å². The summed E-state index contributed by atoms with van der Waals surface area (Å²) in [4.78, 5) is 8.12. The van der Waals surface area contributed by atoms with E-state index in [0.717, 1.165) is 16.7 Å². The molecule has 5 nitrogen and oxygen atoms in total. The van der Waals surface area contributed by atoms with Crippen LogP contribution in [0.2, 0.25) is 0 Å². The predicted molar refractivity (Wildman–Crippen MR) is 72.4 cm³/mol. The summed E-state index contributed by atoms with van der Waals surface area (Å²) in [6.07, 6.45) is 3.12. The summed E-state index contributed by atoms with van der Waals surface area (Å²) >= 11 is 0. The Morgan fingerprint density at radius 2 is 1.78 bits per heavy atom. The second-order valence-electron chi connectivity index (χ2n) is 3.39. The molecule has 0 atom stereocenters. The lowest BCUT2D eigenvalue weighted by atomic mass is 10.3. The minimum Gasteiger partial charge on any atom is -0.383 e. The summed E-state index contributed by atoms with van der Waals surface area (Å²) in [6, 6.07) is 9.79. The summed E-state index contributed by atoms with van der Waals surface area (Å²) in [5.74, 6) is 0.451. The van der Waals surface area contributed by atoms with Gasteiger partial charge < -0.3 is 5.73 Å². The Bertz CT molecular complexity index is 630. The molecular formula is C13H15N5. The molecule has 92 valence electrons. The van der Waals surface area contributed by atoms with Crippen LogP contribution in [0.15, 0.2) is 42.9 Å². The lowest BCUT2D eigenvalue weighted by Gasteiger charge is -2.01. The number of nitrogens with two attached hydrogens (primary N) is 1. The van der Waals surface area contributed by atoms with Gasteiger partial charge in [-0.2, -0.15) is 5.10 Å². The van der Waals surface area contributed by atoms with Crippen molar-refractivity contribution in [3.05, 3.63) is 42.9 Å². The number of anilines is 1. The highest BCUT2D eigenvalue weighted by atomic mass is 15.3. The molecule has 18 heavy (non-hydrogen) atoms. The minimum atomic E-state index is 0.451. The number of nitrogen functional groups attached to an aromatic ring is 1. The third kappa shape index (κ3) is 2.02. The first-order chi connectivity index (χ1) is 8.86. The molecule has 3 aromatic rings. The number of nitrogens with zero attached hydrogens (tertiary/aromatic N) is 4. The van der Waals surface area contributed by atoms with Crippen LogP contribution < -0.4 is 5.73 Å². The van der Waals surface area contributed by atoms with Gasteiger partial charge in [-0.1, -0.05) is 32.0 Å². The van der Waals surface area contributed by atoms with Crippen LogP contribution in [0.25, 0.3) is 16.7 Å². The lowest BCUT2D eigenvalue weighted by Crippen LogP contribution is -1.98. The molecule has 0 saturated carbocycles. The molecule has 5 heteroatoms. The Hall–Kier alpha value is -2.43. The molecule has 2 aromatic heterocycles. The smallest absolute Gasteiger partial charge is 0.168 e. The molecule has 2 heterocycles. The van der Waals surface area contributed by atoms with Crippen molar-refractivity contribution in [2.75, 3.05) is 5.73 Å². The van der Waals surface area contributed by atoms with E-state index in [1.54, 1.807) is 10.9 Å². The first kappa shape index (κ1) is 12.0. The second-order valence-corrected chi connectivity index (χ2v) is 3.39. The molecule has 1 aromatic carbocycles. The van der Waals surface area contributed by atoms with E-state index in [1.807, 2.05) is 44.2 Å². The standard InChI is InChI=1S/C11H9N5.C2H6/c12-10-9-6-15-16(11(9)14-7-13-10)8-4-2-1-3-5-8;1-2/h1-7H,(H2,12,13,14);1-2H3. The van der Waals surface area contributed by atoms with Crippen molar-refractivity contribution in [2.45, 2.75) is 13.8 Å². The molecule has 0 unspecified atom stereocenters. The average molecular weight is 241 g/mol. The predicted octanol–water partition coefficient (Wildman–Crippen LogP) is 2.42. The molecule has 0 spiro atoms. The summed E-state index contributed by atoms with van der Waals surface area (Å²) in [7, 11) is 0. The summed E-state index contributed by atoms with van der Waals surface area (Å²) in [5, 5.41) is 5.03. The van der Waals surface area contributed by atoms with E-state index in [1.165, 1.54) is 6.33 Å². The molecule has 3 rings (SSSR count). The SMILES string of the molecule is CC.Nc1ncnc2c1cnn2-c1ccccc1. The fourth-order valence-corrected chi connectivity index (χ4v) is 1.62. The van der Waals surface area contributed by atoms with Gasteiger partial charge in [-0.25, -0.2) is 14.6 Å². The maximum Gasteiger partial charge on any atom is 0.168 e. The Labute approximate surface area is 105 Å². The van der Waals surface area contributed by atoms with E-state index >= 15 is 0 Å². The Balaban J connectivity index is 0.000000574. The van der Waals surface area contributed by atoms with Crippen LogP contribution in [0.4, 0.5) is 5.82 Å². The van der Waals surface area contributed by atoms with Crippen LogP contribution in [-0.4, -0.2) is 19.7 Å². The van der Waals surface area contributed by atoms with Crippen molar-refractivity contribution in [3.63, 3.8) is 0 Å².